The lowest BCUT2D eigenvalue weighted by Crippen LogP contribution is -2.48. The Morgan fingerprint density at radius 1 is 1.53 bits per heavy atom. The number of sulfone groups is 1. The first-order chi connectivity index (χ1) is 8.61. The lowest BCUT2D eigenvalue weighted by atomic mass is 10.1. The van der Waals surface area contributed by atoms with E-state index < -0.39 is 26.1 Å². The zero-order valence-electron chi connectivity index (χ0n) is 10.7. The van der Waals surface area contributed by atoms with E-state index in [1.807, 2.05) is 22.6 Å². The molecule has 106 valence electrons. The minimum absolute atomic E-state index is 0.0593. The van der Waals surface area contributed by atoms with Crippen LogP contribution in [0.25, 0.3) is 0 Å². The third-order valence-corrected chi connectivity index (χ3v) is 5.72. The van der Waals surface area contributed by atoms with Crippen LogP contribution in [0.2, 0.25) is 0 Å². The second-order valence-electron chi connectivity index (χ2n) is 4.24. The topological polar surface area (TPSA) is 82.4 Å². The molecule has 19 heavy (non-hydrogen) atoms. The predicted octanol–water partition coefficient (Wildman–Crippen LogP) is 0.621. The molecule has 0 spiro atoms. The summed E-state index contributed by atoms with van der Waals surface area (Å²) in [6, 6.07) is 2.84. The summed E-state index contributed by atoms with van der Waals surface area (Å²) in [5.74, 6) is -0.971. The number of halogens is 1. The molecule has 0 radical (unpaired) electrons. The molecule has 0 aromatic carbocycles. The Hall–Kier alpha value is -0.900. The fraction of sp³-hybridized carbons (Fsp3) is 0.455. The van der Waals surface area contributed by atoms with Gasteiger partial charge in [-0.1, -0.05) is 6.92 Å². The van der Waals surface area contributed by atoms with Gasteiger partial charge in [-0.3, -0.25) is 4.79 Å². The molecule has 1 aromatic rings. The van der Waals surface area contributed by atoms with Gasteiger partial charge in [-0.05, 0) is 42.0 Å². The van der Waals surface area contributed by atoms with E-state index in [1.54, 1.807) is 13.0 Å². The molecule has 1 heterocycles. The van der Waals surface area contributed by atoms with E-state index >= 15 is 0 Å². The van der Waals surface area contributed by atoms with Crippen LogP contribution in [0.5, 0.6) is 0 Å². The van der Waals surface area contributed by atoms with E-state index in [0.29, 0.717) is 3.57 Å². The standard InChI is InChI=1S/C11H14INO5S/c1-4-11(2,19(3,16)17)10(15)18-13-6-5-8(12)7-9(13)14/h5-7H,4H2,1-3H3/t11-/m1/s1. The van der Waals surface area contributed by atoms with Crippen LogP contribution in [-0.4, -0.2) is 30.1 Å². The highest BCUT2D eigenvalue weighted by Gasteiger charge is 2.44. The maximum atomic E-state index is 12.0. The zero-order chi connectivity index (χ0) is 14.8. The van der Waals surface area contributed by atoms with Crippen LogP contribution in [0.1, 0.15) is 20.3 Å². The van der Waals surface area contributed by atoms with E-state index in [1.165, 1.54) is 19.2 Å². The Bertz CT molecular complexity index is 651. The quantitative estimate of drug-likeness (QED) is 0.694. The predicted molar refractivity (Wildman–Crippen MR) is 78.5 cm³/mol. The van der Waals surface area contributed by atoms with Crippen molar-refractivity contribution in [3.63, 3.8) is 0 Å². The van der Waals surface area contributed by atoms with Crippen molar-refractivity contribution in [2.24, 2.45) is 0 Å². The number of hydrogen-bond donors (Lipinski definition) is 0. The zero-order valence-corrected chi connectivity index (χ0v) is 13.7. The number of carbonyl (C=O) groups excluding carboxylic acids is 1. The van der Waals surface area contributed by atoms with Crippen LogP contribution < -0.4 is 10.4 Å². The summed E-state index contributed by atoms with van der Waals surface area (Å²) in [6.45, 7) is 2.85. The van der Waals surface area contributed by atoms with Crippen LogP contribution in [-0.2, 0) is 14.6 Å². The Morgan fingerprint density at radius 3 is 2.53 bits per heavy atom. The molecule has 0 unspecified atom stereocenters. The van der Waals surface area contributed by atoms with Crippen molar-refractivity contribution < 1.29 is 18.0 Å². The van der Waals surface area contributed by atoms with Gasteiger partial charge in [0.25, 0.3) is 5.56 Å². The van der Waals surface area contributed by atoms with E-state index in [9.17, 15) is 18.0 Å². The molecule has 1 rings (SSSR count). The van der Waals surface area contributed by atoms with E-state index in [-0.39, 0.29) is 6.42 Å². The van der Waals surface area contributed by atoms with Gasteiger partial charge in [-0.15, -0.1) is 4.73 Å². The van der Waals surface area contributed by atoms with Gasteiger partial charge in [-0.25, -0.2) is 13.2 Å². The van der Waals surface area contributed by atoms with Gasteiger partial charge in [-0.2, -0.15) is 0 Å². The molecule has 0 amide bonds. The lowest BCUT2D eigenvalue weighted by molar-refractivity contribution is -0.147. The van der Waals surface area contributed by atoms with Crippen molar-refractivity contribution >= 4 is 38.4 Å². The van der Waals surface area contributed by atoms with Crippen LogP contribution in [0.15, 0.2) is 23.1 Å². The molecule has 0 fully saturated rings. The molecule has 0 aliphatic carbocycles. The summed E-state index contributed by atoms with van der Waals surface area (Å²) < 4.78 is 23.1. The van der Waals surface area contributed by atoms with Gasteiger partial charge in [0.15, 0.2) is 14.6 Å². The molecule has 6 nitrogen and oxygen atoms in total. The molecule has 0 saturated heterocycles. The van der Waals surface area contributed by atoms with Gasteiger partial charge in [0.1, 0.15) is 0 Å². The summed E-state index contributed by atoms with van der Waals surface area (Å²) in [4.78, 5) is 28.4. The Labute approximate surface area is 124 Å². The number of hydrogen-bond acceptors (Lipinski definition) is 5. The van der Waals surface area contributed by atoms with Gasteiger partial charge in [0, 0.05) is 22.1 Å². The largest absolute Gasteiger partial charge is 0.353 e. The molecule has 0 aliphatic rings. The molecule has 8 heteroatoms. The SMILES string of the molecule is CC[C@](C)(C(=O)On1ccc(I)cc1=O)S(C)(=O)=O. The summed E-state index contributed by atoms with van der Waals surface area (Å²) in [7, 11) is -3.65. The maximum Gasteiger partial charge on any atom is 0.353 e. The van der Waals surface area contributed by atoms with Crippen LogP contribution in [0.4, 0.5) is 0 Å². The molecule has 0 N–H and O–H groups in total. The van der Waals surface area contributed by atoms with Crippen LogP contribution >= 0.6 is 22.6 Å². The summed E-state index contributed by atoms with van der Waals surface area (Å²) in [5.41, 5.74) is -0.535. The third kappa shape index (κ3) is 3.35. The fourth-order valence-corrected chi connectivity index (χ4v) is 2.55. The van der Waals surface area contributed by atoms with Crippen LogP contribution in [0, 0.1) is 3.57 Å². The third-order valence-electron chi connectivity index (χ3n) is 2.95. The minimum Gasteiger partial charge on any atom is -0.332 e. The molecule has 0 bridgehead atoms. The minimum atomic E-state index is -3.65. The smallest absolute Gasteiger partial charge is 0.332 e. The summed E-state index contributed by atoms with van der Waals surface area (Å²) in [6.07, 6.45) is 2.30. The van der Waals surface area contributed by atoms with Crippen molar-refractivity contribution in [3.05, 3.63) is 32.3 Å². The lowest BCUT2D eigenvalue weighted by Gasteiger charge is -2.23. The summed E-state index contributed by atoms with van der Waals surface area (Å²) in [5, 5.41) is 0. The van der Waals surface area contributed by atoms with Gasteiger partial charge < -0.3 is 4.84 Å². The van der Waals surface area contributed by atoms with Crippen molar-refractivity contribution in [1.29, 1.82) is 0 Å². The molecular weight excluding hydrogens is 385 g/mol. The monoisotopic (exact) mass is 399 g/mol. The van der Waals surface area contributed by atoms with Crippen molar-refractivity contribution in [2.45, 2.75) is 25.0 Å². The number of pyridine rings is 1. The molecule has 0 aliphatic heterocycles. The van der Waals surface area contributed by atoms with Gasteiger partial charge in [0.05, 0.1) is 0 Å². The fourth-order valence-electron chi connectivity index (χ4n) is 1.26. The highest BCUT2D eigenvalue weighted by atomic mass is 127. The van der Waals surface area contributed by atoms with E-state index in [0.717, 1.165) is 11.0 Å². The molecule has 1 atom stereocenters. The second-order valence-corrected chi connectivity index (χ2v) is 7.94. The average Bonchev–Trinajstić information content (AvgIpc) is 2.30. The number of aromatic nitrogens is 1. The Balaban J connectivity index is 3.12. The Kier molecular flexibility index (Phi) is 4.77. The van der Waals surface area contributed by atoms with E-state index in [2.05, 4.69) is 0 Å². The summed E-state index contributed by atoms with van der Waals surface area (Å²) >= 11 is 1.94. The van der Waals surface area contributed by atoms with Gasteiger partial charge in [0.2, 0.25) is 0 Å². The number of rotatable bonds is 4. The first-order valence-corrected chi connectivity index (χ1v) is 8.39. The highest BCUT2D eigenvalue weighted by Crippen LogP contribution is 2.21. The highest BCUT2D eigenvalue weighted by molar-refractivity contribution is 14.1. The first-order valence-electron chi connectivity index (χ1n) is 5.42. The van der Waals surface area contributed by atoms with Crippen molar-refractivity contribution in [1.82, 2.24) is 4.73 Å². The number of carbonyl (C=O) groups is 1. The normalized spacial score (nSPS) is 14.7. The first kappa shape index (κ1) is 16.2. The van der Waals surface area contributed by atoms with Crippen molar-refractivity contribution in [2.75, 3.05) is 6.26 Å². The van der Waals surface area contributed by atoms with Gasteiger partial charge >= 0.3 is 5.97 Å². The maximum absolute atomic E-state index is 12.0. The molecule has 1 aromatic heterocycles. The van der Waals surface area contributed by atoms with E-state index in [4.69, 9.17) is 4.84 Å². The average molecular weight is 399 g/mol. The second kappa shape index (κ2) is 5.61. The Morgan fingerprint density at radius 2 is 2.11 bits per heavy atom. The number of nitrogens with zero attached hydrogens (tertiary/aromatic N) is 1. The van der Waals surface area contributed by atoms with Crippen molar-refractivity contribution in [3.8, 4) is 0 Å². The molecule has 0 saturated carbocycles. The molecular formula is C11H14INO5S. The van der Waals surface area contributed by atoms with Crippen LogP contribution in [0.3, 0.4) is 0 Å².